The van der Waals surface area contributed by atoms with Gasteiger partial charge in [-0.15, -0.1) is 0 Å². The lowest BCUT2D eigenvalue weighted by atomic mass is 10.7. The Bertz CT molecular complexity index is 193. The van der Waals surface area contributed by atoms with Crippen molar-refractivity contribution in [2.45, 2.75) is 0 Å². The molecule has 0 aromatic heterocycles. The highest BCUT2D eigenvalue weighted by Crippen LogP contribution is 2.06. The molecule has 0 aromatic rings. The average Bonchev–Trinajstić information content (AvgIpc) is 2.47. The molecule has 0 aromatic carbocycles. The summed E-state index contributed by atoms with van der Waals surface area (Å²) >= 11 is 3.83. The first kappa shape index (κ1) is 19.7. The number of ether oxygens (including phenoxy) is 4. The third-order valence-electron chi connectivity index (χ3n) is 2.04. The molecule has 0 radical (unpaired) electrons. The lowest BCUT2D eigenvalue weighted by Gasteiger charge is -2.05. The Morgan fingerprint density at radius 2 is 1.05 bits per heavy atom. The summed E-state index contributed by atoms with van der Waals surface area (Å²) in [7, 11) is 0. The predicted molar refractivity (Wildman–Crippen MR) is 88.6 cm³/mol. The standard InChI is InChI=1S/C14H26O4S2/c1-3-15-5-7-17-9-11-19-13-14-20-12-10-18-8-6-16-4-2/h3-4H,1-2,5-14H2. The molecule has 0 saturated heterocycles. The second-order valence-electron chi connectivity index (χ2n) is 3.52. The van der Waals surface area contributed by atoms with Crippen molar-refractivity contribution in [3.63, 3.8) is 0 Å². The predicted octanol–water partition coefficient (Wildman–Crippen LogP) is 2.81. The minimum atomic E-state index is 0.585. The summed E-state index contributed by atoms with van der Waals surface area (Å²) in [5.41, 5.74) is 0. The molecule has 0 saturated carbocycles. The monoisotopic (exact) mass is 322 g/mol. The quantitative estimate of drug-likeness (QED) is 0.303. The normalized spacial score (nSPS) is 10.2. The van der Waals surface area contributed by atoms with Crippen LogP contribution < -0.4 is 0 Å². The summed E-state index contributed by atoms with van der Waals surface area (Å²) < 4.78 is 20.7. The molecule has 0 aliphatic carbocycles. The van der Waals surface area contributed by atoms with Gasteiger partial charge in [0.25, 0.3) is 0 Å². The molecule has 118 valence electrons. The zero-order valence-corrected chi connectivity index (χ0v) is 13.7. The van der Waals surface area contributed by atoms with Crippen molar-refractivity contribution < 1.29 is 18.9 Å². The van der Waals surface area contributed by atoms with E-state index < -0.39 is 0 Å². The molecule has 0 aliphatic heterocycles. The van der Waals surface area contributed by atoms with Crippen LogP contribution in [0.15, 0.2) is 25.7 Å². The van der Waals surface area contributed by atoms with E-state index in [1.54, 1.807) is 0 Å². The lowest BCUT2D eigenvalue weighted by molar-refractivity contribution is 0.0951. The summed E-state index contributed by atoms with van der Waals surface area (Å²) in [6, 6.07) is 0. The van der Waals surface area contributed by atoms with Gasteiger partial charge in [0.05, 0.1) is 39.0 Å². The highest BCUT2D eigenvalue weighted by molar-refractivity contribution is 8.02. The number of rotatable bonds is 17. The molecule has 0 amide bonds. The maximum atomic E-state index is 5.39. The van der Waals surface area contributed by atoms with Crippen molar-refractivity contribution >= 4 is 23.5 Å². The van der Waals surface area contributed by atoms with Crippen LogP contribution in [-0.2, 0) is 18.9 Å². The van der Waals surface area contributed by atoms with E-state index in [9.17, 15) is 0 Å². The number of thioether (sulfide) groups is 2. The second kappa shape index (κ2) is 18.7. The van der Waals surface area contributed by atoms with Crippen LogP contribution in [0.5, 0.6) is 0 Å². The van der Waals surface area contributed by atoms with Crippen molar-refractivity contribution in [3.05, 3.63) is 25.7 Å². The molecule has 0 aliphatic rings. The van der Waals surface area contributed by atoms with E-state index >= 15 is 0 Å². The summed E-state index contributed by atoms with van der Waals surface area (Å²) in [5.74, 6) is 4.36. The molecular weight excluding hydrogens is 296 g/mol. The molecule has 6 heteroatoms. The first-order valence-corrected chi connectivity index (χ1v) is 8.98. The largest absolute Gasteiger partial charge is 0.499 e. The molecule has 20 heavy (non-hydrogen) atoms. The SMILES string of the molecule is C=COCCOCCSCCSCCOCCOC=C. The van der Waals surface area contributed by atoms with Crippen LogP contribution >= 0.6 is 23.5 Å². The van der Waals surface area contributed by atoms with Crippen LogP contribution in [0, 0.1) is 0 Å². The second-order valence-corrected chi connectivity index (χ2v) is 5.97. The van der Waals surface area contributed by atoms with Crippen molar-refractivity contribution in [3.8, 4) is 0 Å². The molecule has 0 N–H and O–H groups in total. The van der Waals surface area contributed by atoms with Gasteiger partial charge in [0.15, 0.2) is 0 Å². The fourth-order valence-corrected chi connectivity index (χ4v) is 2.97. The molecule has 0 heterocycles. The highest BCUT2D eigenvalue weighted by Gasteiger charge is 1.93. The van der Waals surface area contributed by atoms with Crippen molar-refractivity contribution in [2.75, 3.05) is 62.7 Å². The van der Waals surface area contributed by atoms with Crippen molar-refractivity contribution in [1.29, 1.82) is 0 Å². The molecule has 0 fully saturated rings. The van der Waals surface area contributed by atoms with Crippen LogP contribution in [0.3, 0.4) is 0 Å². The molecule has 0 bridgehead atoms. The van der Waals surface area contributed by atoms with Crippen LogP contribution in [0.25, 0.3) is 0 Å². The van der Waals surface area contributed by atoms with E-state index in [-0.39, 0.29) is 0 Å². The van der Waals surface area contributed by atoms with Gasteiger partial charge >= 0.3 is 0 Å². The van der Waals surface area contributed by atoms with Gasteiger partial charge in [-0.3, -0.25) is 0 Å². The number of hydrogen-bond donors (Lipinski definition) is 0. The molecule has 0 rings (SSSR count). The highest BCUT2D eigenvalue weighted by atomic mass is 32.2. The summed E-state index contributed by atoms with van der Waals surface area (Å²) in [5, 5.41) is 0. The Balaban J connectivity index is 2.92. The smallest absolute Gasteiger partial charge is 0.111 e. The topological polar surface area (TPSA) is 36.9 Å². The van der Waals surface area contributed by atoms with Gasteiger partial charge in [-0.2, -0.15) is 23.5 Å². The Morgan fingerprint density at radius 1 is 0.600 bits per heavy atom. The summed E-state index contributed by atoms with van der Waals surface area (Å²) in [4.78, 5) is 0. The van der Waals surface area contributed by atoms with Gasteiger partial charge in [0.1, 0.15) is 13.2 Å². The van der Waals surface area contributed by atoms with E-state index in [2.05, 4.69) is 13.2 Å². The van der Waals surface area contributed by atoms with Crippen molar-refractivity contribution in [1.82, 2.24) is 0 Å². The van der Waals surface area contributed by atoms with Crippen LogP contribution in [0.4, 0.5) is 0 Å². The van der Waals surface area contributed by atoms with E-state index in [0.717, 1.165) is 36.2 Å². The maximum Gasteiger partial charge on any atom is 0.111 e. The molecule has 0 atom stereocenters. The molecule has 4 nitrogen and oxygen atoms in total. The Labute approximate surface area is 131 Å². The van der Waals surface area contributed by atoms with E-state index in [4.69, 9.17) is 18.9 Å². The van der Waals surface area contributed by atoms with Crippen LogP contribution in [0.2, 0.25) is 0 Å². The van der Waals surface area contributed by atoms with Gasteiger partial charge in [0, 0.05) is 23.0 Å². The van der Waals surface area contributed by atoms with Gasteiger partial charge < -0.3 is 18.9 Å². The Hall–Kier alpha value is -0.300. The fourth-order valence-electron chi connectivity index (χ4n) is 1.14. The van der Waals surface area contributed by atoms with E-state index in [0.29, 0.717) is 26.4 Å². The molecular formula is C14H26O4S2. The summed E-state index contributed by atoms with van der Waals surface area (Å²) in [6.07, 6.45) is 2.87. The van der Waals surface area contributed by atoms with Gasteiger partial charge in [-0.05, 0) is 0 Å². The van der Waals surface area contributed by atoms with Gasteiger partial charge in [0.2, 0.25) is 0 Å². The third-order valence-corrected chi connectivity index (χ3v) is 4.20. The molecule has 0 unspecified atom stereocenters. The fraction of sp³-hybridized carbons (Fsp3) is 0.714. The van der Waals surface area contributed by atoms with Crippen LogP contribution in [-0.4, -0.2) is 62.7 Å². The molecule has 0 spiro atoms. The Morgan fingerprint density at radius 3 is 1.45 bits per heavy atom. The average molecular weight is 322 g/mol. The van der Waals surface area contributed by atoms with E-state index in [1.165, 1.54) is 12.5 Å². The zero-order valence-electron chi connectivity index (χ0n) is 12.1. The number of hydrogen-bond acceptors (Lipinski definition) is 6. The third kappa shape index (κ3) is 17.7. The first-order valence-electron chi connectivity index (χ1n) is 6.67. The van der Waals surface area contributed by atoms with Crippen LogP contribution in [0.1, 0.15) is 0 Å². The summed E-state index contributed by atoms with van der Waals surface area (Å²) in [6.45, 7) is 10.9. The lowest BCUT2D eigenvalue weighted by Crippen LogP contribution is -2.05. The van der Waals surface area contributed by atoms with E-state index in [1.807, 2.05) is 23.5 Å². The zero-order chi connectivity index (χ0) is 14.7. The van der Waals surface area contributed by atoms with Gasteiger partial charge in [-0.1, -0.05) is 13.2 Å². The van der Waals surface area contributed by atoms with Crippen molar-refractivity contribution in [2.24, 2.45) is 0 Å². The minimum Gasteiger partial charge on any atom is -0.499 e. The maximum absolute atomic E-state index is 5.39. The minimum absolute atomic E-state index is 0.585. The Kier molecular flexibility index (Phi) is 18.4. The first-order chi connectivity index (χ1) is 9.91. The van der Waals surface area contributed by atoms with Gasteiger partial charge in [-0.25, -0.2) is 0 Å².